The van der Waals surface area contributed by atoms with E-state index in [0.29, 0.717) is 4.90 Å². The Kier molecular flexibility index (Phi) is 4.52. The first-order chi connectivity index (χ1) is 12.1. The van der Waals surface area contributed by atoms with Crippen LogP contribution in [0.2, 0.25) is 0 Å². The van der Waals surface area contributed by atoms with Gasteiger partial charge in [0.2, 0.25) is 0 Å². The zero-order valence-electron chi connectivity index (χ0n) is 13.0. The Morgan fingerprint density at radius 3 is 2.32 bits per heavy atom. The molecule has 0 atom stereocenters. The number of benzene rings is 2. The first-order valence-electron chi connectivity index (χ1n) is 7.45. The molecule has 0 saturated carbocycles. The van der Waals surface area contributed by atoms with Crippen LogP contribution in [0.15, 0.2) is 72.3 Å². The molecule has 3 rings (SSSR count). The average molecular weight is 336 g/mol. The lowest BCUT2D eigenvalue weighted by Gasteiger charge is -2.26. The lowest BCUT2D eigenvalue weighted by Crippen LogP contribution is -2.54. The van der Waals surface area contributed by atoms with E-state index in [1.807, 2.05) is 35.6 Å². The van der Waals surface area contributed by atoms with Gasteiger partial charge < -0.3 is 0 Å². The molecular weight excluding hydrogens is 323 g/mol. The number of rotatable bonds is 3. The second-order valence-corrected chi connectivity index (χ2v) is 5.20. The van der Waals surface area contributed by atoms with Crippen LogP contribution in [0.5, 0.6) is 0 Å². The zero-order valence-corrected chi connectivity index (χ0v) is 13.0. The summed E-state index contributed by atoms with van der Waals surface area (Å²) in [5.74, 6) is -2.43. The van der Waals surface area contributed by atoms with Crippen molar-refractivity contribution in [2.24, 2.45) is 0 Å². The summed E-state index contributed by atoms with van der Waals surface area (Å²) >= 11 is 0. The molecule has 0 aromatic heterocycles. The highest BCUT2D eigenvalue weighted by Crippen LogP contribution is 2.23. The van der Waals surface area contributed by atoms with Gasteiger partial charge >= 0.3 is 6.03 Å². The Balaban J connectivity index is 1.92. The first-order valence-corrected chi connectivity index (χ1v) is 7.45. The number of imide groups is 2. The molecule has 5 nitrogen and oxygen atoms in total. The number of nitrogens with one attached hydrogen (secondary N) is 1. The lowest BCUT2D eigenvalue weighted by molar-refractivity contribution is -0.122. The summed E-state index contributed by atoms with van der Waals surface area (Å²) in [6.07, 6.45) is 4.53. The first kappa shape index (κ1) is 16.3. The second kappa shape index (κ2) is 6.92. The smallest absolute Gasteiger partial charge is 0.273 e. The van der Waals surface area contributed by atoms with Crippen LogP contribution in [0, 0.1) is 5.82 Å². The molecule has 1 fully saturated rings. The number of halogens is 1. The molecule has 2 aromatic rings. The molecule has 6 heteroatoms. The van der Waals surface area contributed by atoms with Gasteiger partial charge in [-0.05, 0) is 23.8 Å². The van der Waals surface area contributed by atoms with Crippen molar-refractivity contribution >= 4 is 29.6 Å². The highest BCUT2D eigenvalue weighted by molar-refractivity contribution is 6.37. The molecule has 0 bridgehead atoms. The van der Waals surface area contributed by atoms with Crippen molar-refractivity contribution in [2.75, 3.05) is 4.90 Å². The van der Waals surface area contributed by atoms with Crippen molar-refractivity contribution in [1.82, 2.24) is 5.32 Å². The summed E-state index contributed by atoms with van der Waals surface area (Å²) in [6, 6.07) is 13.7. The van der Waals surface area contributed by atoms with Crippen molar-refractivity contribution in [3.8, 4) is 0 Å². The molecule has 1 aliphatic heterocycles. The summed E-state index contributed by atoms with van der Waals surface area (Å²) in [6.45, 7) is 0. The number of nitrogens with zero attached hydrogens (tertiary/aromatic N) is 1. The number of carbonyl (C=O) groups excluding carboxylic acids is 3. The van der Waals surface area contributed by atoms with Gasteiger partial charge in [0, 0.05) is 0 Å². The predicted octanol–water partition coefficient (Wildman–Crippen LogP) is 3.05. The van der Waals surface area contributed by atoms with Crippen LogP contribution in [-0.2, 0) is 9.59 Å². The van der Waals surface area contributed by atoms with E-state index in [9.17, 15) is 18.8 Å². The van der Waals surface area contributed by atoms with Crippen LogP contribution in [-0.4, -0.2) is 17.8 Å². The van der Waals surface area contributed by atoms with Crippen molar-refractivity contribution < 1.29 is 18.8 Å². The fraction of sp³-hybridized carbons (Fsp3) is 0. The third kappa shape index (κ3) is 3.37. The van der Waals surface area contributed by atoms with Gasteiger partial charge in [0.05, 0.1) is 5.69 Å². The Bertz CT molecular complexity index is 904. The molecule has 0 spiro atoms. The minimum atomic E-state index is -0.982. The molecule has 0 radical (unpaired) electrons. The molecule has 1 heterocycles. The van der Waals surface area contributed by atoms with Gasteiger partial charge in [-0.3, -0.25) is 14.9 Å². The Hall–Kier alpha value is -3.54. The van der Waals surface area contributed by atoms with E-state index >= 15 is 0 Å². The van der Waals surface area contributed by atoms with Crippen molar-refractivity contribution in [1.29, 1.82) is 0 Å². The van der Waals surface area contributed by atoms with Crippen LogP contribution in [0.4, 0.5) is 14.9 Å². The maximum atomic E-state index is 13.9. The molecule has 0 unspecified atom stereocenters. The van der Waals surface area contributed by atoms with Gasteiger partial charge in [0.25, 0.3) is 11.8 Å². The number of anilines is 1. The summed E-state index contributed by atoms with van der Waals surface area (Å²) in [7, 11) is 0. The summed E-state index contributed by atoms with van der Waals surface area (Å²) in [5, 5.41) is 2.04. The Morgan fingerprint density at radius 2 is 1.60 bits per heavy atom. The SMILES string of the molecule is O=C1NC(=O)N(c2ccccc2F)C(=O)C1=CC=Cc1ccccc1. The summed E-state index contributed by atoms with van der Waals surface area (Å²) < 4.78 is 13.9. The van der Waals surface area contributed by atoms with Gasteiger partial charge in [-0.15, -0.1) is 0 Å². The van der Waals surface area contributed by atoms with Crippen LogP contribution >= 0.6 is 0 Å². The standard InChI is InChI=1S/C19H13FN2O3/c20-15-11-4-5-12-16(15)22-18(24)14(17(23)21-19(22)25)10-6-9-13-7-2-1-3-8-13/h1-12H,(H,21,23,25). The molecule has 25 heavy (non-hydrogen) atoms. The summed E-state index contributed by atoms with van der Waals surface area (Å²) in [4.78, 5) is 37.0. The van der Waals surface area contributed by atoms with E-state index in [0.717, 1.165) is 11.6 Å². The van der Waals surface area contributed by atoms with Gasteiger partial charge in [-0.25, -0.2) is 14.1 Å². The van der Waals surface area contributed by atoms with Gasteiger partial charge in [-0.2, -0.15) is 0 Å². The van der Waals surface area contributed by atoms with E-state index in [2.05, 4.69) is 0 Å². The van der Waals surface area contributed by atoms with Crippen molar-refractivity contribution in [2.45, 2.75) is 0 Å². The van der Waals surface area contributed by atoms with E-state index < -0.39 is 23.7 Å². The predicted molar refractivity (Wildman–Crippen MR) is 91.0 cm³/mol. The number of para-hydroxylation sites is 1. The molecule has 2 aromatic carbocycles. The number of urea groups is 1. The number of carbonyl (C=O) groups is 3. The molecule has 0 aliphatic carbocycles. The van der Waals surface area contributed by atoms with Gasteiger partial charge in [0.15, 0.2) is 0 Å². The molecule has 1 aliphatic rings. The van der Waals surface area contributed by atoms with E-state index in [1.54, 1.807) is 6.08 Å². The number of barbiturate groups is 1. The summed E-state index contributed by atoms with van der Waals surface area (Å²) in [5.41, 5.74) is 0.413. The van der Waals surface area contributed by atoms with E-state index in [4.69, 9.17) is 0 Å². The topological polar surface area (TPSA) is 66.5 Å². The van der Waals surface area contributed by atoms with Gasteiger partial charge in [0.1, 0.15) is 11.4 Å². The normalized spacial score (nSPS) is 16.6. The minimum Gasteiger partial charge on any atom is -0.273 e. The van der Waals surface area contributed by atoms with Crippen LogP contribution in [0.1, 0.15) is 5.56 Å². The van der Waals surface area contributed by atoms with Crippen LogP contribution < -0.4 is 10.2 Å². The van der Waals surface area contributed by atoms with Crippen molar-refractivity contribution in [3.05, 3.63) is 83.7 Å². The monoisotopic (exact) mass is 336 g/mol. The molecule has 124 valence electrons. The molecule has 4 amide bonds. The lowest BCUT2D eigenvalue weighted by atomic mass is 10.1. The second-order valence-electron chi connectivity index (χ2n) is 5.20. The maximum Gasteiger partial charge on any atom is 0.336 e. The van der Waals surface area contributed by atoms with E-state index in [-0.39, 0.29) is 11.3 Å². The fourth-order valence-electron chi connectivity index (χ4n) is 2.35. The number of hydrogen-bond acceptors (Lipinski definition) is 3. The number of hydrogen-bond donors (Lipinski definition) is 1. The van der Waals surface area contributed by atoms with Crippen LogP contribution in [0.25, 0.3) is 6.08 Å². The highest BCUT2D eigenvalue weighted by atomic mass is 19.1. The third-order valence-corrected chi connectivity index (χ3v) is 3.55. The fourth-order valence-corrected chi connectivity index (χ4v) is 2.35. The Labute approximate surface area is 143 Å². The van der Waals surface area contributed by atoms with Crippen molar-refractivity contribution in [3.63, 3.8) is 0 Å². The largest absolute Gasteiger partial charge is 0.336 e. The average Bonchev–Trinajstić information content (AvgIpc) is 2.60. The zero-order chi connectivity index (χ0) is 17.8. The molecular formula is C19H13FN2O3. The third-order valence-electron chi connectivity index (χ3n) is 3.55. The molecule has 1 N–H and O–H groups in total. The van der Waals surface area contributed by atoms with E-state index in [1.165, 1.54) is 30.4 Å². The van der Waals surface area contributed by atoms with Gasteiger partial charge in [-0.1, -0.05) is 54.6 Å². The minimum absolute atomic E-state index is 0.213. The molecule has 1 saturated heterocycles. The quantitative estimate of drug-likeness (QED) is 0.692. The number of allylic oxidation sites excluding steroid dienone is 2. The Morgan fingerprint density at radius 1 is 0.920 bits per heavy atom. The van der Waals surface area contributed by atoms with Crippen LogP contribution in [0.3, 0.4) is 0 Å². The number of amides is 4. The highest BCUT2D eigenvalue weighted by Gasteiger charge is 2.37. The maximum absolute atomic E-state index is 13.9.